The maximum Gasteiger partial charge on any atom is 0.323 e. The normalized spacial score (nSPS) is 16.0. The molecular weight excluding hydrogens is 262 g/mol. The fourth-order valence-corrected chi connectivity index (χ4v) is 2.21. The summed E-state index contributed by atoms with van der Waals surface area (Å²) in [5.74, 6) is 0.288. The fourth-order valence-electron chi connectivity index (χ4n) is 2.21. The summed E-state index contributed by atoms with van der Waals surface area (Å²) >= 11 is 0. The van der Waals surface area contributed by atoms with Crippen molar-refractivity contribution in [2.45, 2.75) is 12.8 Å². The van der Waals surface area contributed by atoms with Gasteiger partial charge in [-0.15, -0.1) is 0 Å². The number of ether oxygens (including phenoxy) is 2. The van der Waals surface area contributed by atoms with E-state index in [0.29, 0.717) is 29.5 Å². The molecule has 1 fully saturated rings. The van der Waals surface area contributed by atoms with Crippen LogP contribution in [-0.2, 0) is 4.79 Å². The van der Waals surface area contributed by atoms with E-state index in [-0.39, 0.29) is 19.2 Å². The Labute approximate surface area is 115 Å². The van der Waals surface area contributed by atoms with Gasteiger partial charge in [-0.2, -0.15) is 0 Å². The SMILES string of the molecule is O=C(O)CN(CC1CC1)C(=O)c1ccc2c(c1)OCO2. The minimum atomic E-state index is -1.00. The predicted octanol–water partition coefficient (Wildman–Crippen LogP) is 1.35. The fraction of sp³-hybridized carbons (Fsp3) is 0.429. The number of nitrogens with zero attached hydrogens (tertiary/aromatic N) is 1. The average molecular weight is 277 g/mol. The summed E-state index contributed by atoms with van der Waals surface area (Å²) in [7, 11) is 0. The summed E-state index contributed by atoms with van der Waals surface area (Å²) < 4.78 is 10.4. The Morgan fingerprint density at radius 3 is 2.70 bits per heavy atom. The number of rotatable bonds is 5. The summed E-state index contributed by atoms with van der Waals surface area (Å²) in [4.78, 5) is 24.7. The zero-order valence-electron chi connectivity index (χ0n) is 10.9. The van der Waals surface area contributed by atoms with Crippen LogP contribution in [0, 0.1) is 5.92 Å². The van der Waals surface area contributed by atoms with Gasteiger partial charge in [0.15, 0.2) is 11.5 Å². The molecule has 1 heterocycles. The Morgan fingerprint density at radius 2 is 2.00 bits per heavy atom. The summed E-state index contributed by atoms with van der Waals surface area (Å²) in [6, 6.07) is 4.91. The molecule has 0 saturated heterocycles. The van der Waals surface area contributed by atoms with Crippen molar-refractivity contribution in [2.24, 2.45) is 5.92 Å². The smallest absolute Gasteiger partial charge is 0.323 e. The highest BCUT2D eigenvalue weighted by molar-refractivity contribution is 5.96. The molecule has 0 aromatic heterocycles. The maximum absolute atomic E-state index is 12.4. The van der Waals surface area contributed by atoms with E-state index in [9.17, 15) is 9.59 Å². The van der Waals surface area contributed by atoms with Crippen LogP contribution in [0.2, 0.25) is 0 Å². The molecule has 1 N–H and O–H groups in total. The van der Waals surface area contributed by atoms with Crippen molar-refractivity contribution >= 4 is 11.9 Å². The Hall–Kier alpha value is -2.24. The number of carbonyl (C=O) groups excluding carboxylic acids is 1. The van der Waals surface area contributed by atoms with Crippen molar-refractivity contribution in [1.82, 2.24) is 4.90 Å². The number of hydrogen-bond donors (Lipinski definition) is 1. The number of carboxylic acid groups (broad SMARTS) is 1. The lowest BCUT2D eigenvalue weighted by molar-refractivity contribution is -0.137. The summed E-state index contributed by atoms with van der Waals surface area (Å²) in [6.45, 7) is 0.372. The zero-order chi connectivity index (χ0) is 14.1. The van der Waals surface area contributed by atoms with Gasteiger partial charge in [0, 0.05) is 12.1 Å². The largest absolute Gasteiger partial charge is 0.480 e. The van der Waals surface area contributed by atoms with Crippen LogP contribution in [0.5, 0.6) is 11.5 Å². The molecule has 1 aromatic carbocycles. The van der Waals surface area contributed by atoms with Crippen LogP contribution >= 0.6 is 0 Å². The molecule has 1 saturated carbocycles. The molecule has 0 atom stereocenters. The number of carbonyl (C=O) groups is 2. The number of aliphatic carboxylic acids is 1. The summed E-state index contributed by atoms with van der Waals surface area (Å²) in [5.41, 5.74) is 0.427. The van der Waals surface area contributed by atoms with Gasteiger partial charge in [-0.1, -0.05) is 0 Å². The lowest BCUT2D eigenvalue weighted by Crippen LogP contribution is -2.37. The van der Waals surface area contributed by atoms with E-state index in [1.165, 1.54) is 4.90 Å². The molecule has 1 amide bonds. The number of carboxylic acids is 1. The van der Waals surface area contributed by atoms with Crippen molar-refractivity contribution in [3.8, 4) is 11.5 Å². The number of benzene rings is 1. The van der Waals surface area contributed by atoms with E-state index in [1.807, 2.05) is 0 Å². The van der Waals surface area contributed by atoms with Crippen molar-refractivity contribution in [1.29, 1.82) is 0 Å². The first kappa shape index (κ1) is 12.8. The zero-order valence-corrected chi connectivity index (χ0v) is 10.9. The van der Waals surface area contributed by atoms with E-state index in [4.69, 9.17) is 14.6 Å². The van der Waals surface area contributed by atoms with Gasteiger partial charge in [-0.25, -0.2) is 0 Å². The molecule has 106 valence electrons. The van der Waals surface area contributed by atoms with Gasteiger partial charge in [-0.3, -0.25) is 9.59 Å². The highest BCUT2D eigenvalue weighted by Crippen LogP contribution is 2.34. The topological polar surface area (TPSA) is 76.1 Å². The van der Waals surface area contributed by atoms with Crippen molar-refractivity contribution in [3.63, 3.8) is 0 Å². The number of hydrogen-bond acceptors (Lipinski definition) is 4. The predicted molar refractivity (Wildman–Crippen MR) is 68.8 cm³/mol. The first-order valence-electron chi connectivity index (χ1n) is 6.54. The lowest BCUT2D eigenvalue weighted by atomic mass is 10.1. The lowest BCUT2D eigenvalue weighted by Gasteiger charge is -2.20. The van der Waals surface area contributed by atoms with E-state index < -0.39 is 5.97 Å². The summed E-state index contributed by atoms with van der Waals surface area (Å²) in [6.07, 6.45) is 2.12. The second-order valence-corrected chi connectivity index (χ2v) is 5.09. The molecular formula is C14H15NO5. The highest BCUT2D eigenvalue weighted by atomic mass is 16.7. The Morgan fingerprint density at radius 1 is 1.25 bits per heavy atom. The third kappa shape index (κ3) is 2.68. The molecule has 1 aliphatic heterocycles. The molecule has 0 spiro atoms. The van der Waals surface area contributed by atoms with E-state index in [0.717, 1.165) is 12.8 Å². The van der Waals surface area contributed by atoms with Crippen LogP contribution < -0.4 is 9.47 Å². The molecule has 0 unspecified atom stereocenters. The second-order valence-electron chi connectivity index (χ2n) is 5.09. The van der Waals surface area contributed by atoms with Gasteiger partial charge in [0.05, 0.1) is 0 Å². The molecule has 2 aliphatic rings. The minimum Gasteiger partial charge on any atom is -0.480 e. The van der Waals surface area contributed by atoms with E-state index >= 15 is 0 Å². The van der Waals surface area contributed by atoms with Crippen LogP contribution in [0.15, 0.2) is 18.2 Å². The third-order valence-electron chi connectivity index (χ3n) is 3.41. The van der Waals surface area contributed by atoms with Crippen LogP contribution in [-0.4, -0.2) is 41.8 Å². The van der Waals surface area contributed by atoms with Crippen molar-refractivity contribution < 1.29 is 24.2 Å². The van der Waals surface area contributed by atoms with Gasteiger partial charge in [-0.05, 0) is 37.0 Å². The molecule has 6 nitrogen and oxygen atoms in total. The quantitative estimate of drug-likeness (QED) is 0.879. The van der Waals surface area contributed by atoms with Gasteiger partial charge in [0.1, 0.15) is 6.54 Å². The molecule has 6 heteroatoms. The highest BCUT2D eigenvalue weighted by Gasteiger charge is 2.29. The van der Waals surface area contributed by atoms with Crippen LogP contribution in [0.1, 0.15) is 23.2 Å². The van der Waals surface area contributed by atoms with Crippen molar-refractivity contribution in [2.75, 3.05) is 19.9 Å². The number of amides is 1. The van der Waals surface area contributed by atoms with Crippen LogP contribution in [0.25, 0.3) is 0 Å². The standard InChI is InChI=1S/C14H15NO5/c16-13(17)7-15(6-9-1-2-9)14(18)10-3-4-11-12(5-10)20-8-19-11/h3-5,9H,1-2,6-8H2,(H,16,17). The van der Waals surface area contributed by atoms with Gasteiger partial charge in [0.2, 0.25) is 6.79 Å². The maximum atomic E-state index is 12.4. The minimum absolute atomic E-state index is 0.147. The Bertz CT molecular complexity index is 552. The van der Waals surface area contributed by atoms with Crippen LogP contribution in [0.4, 0.5) is 0 Å². The molecule has 1 aromatic rings. The van der Waals surface area contributed by atoms with E-state index in [2.05, 4.69) is 0 Å². The third-order valence-corrected chi connectivity index (χ3v) is 3.41. The van der Waals surface area contributed by atoms with Gasteiger partial charge in [0.25, 0.3) is 5.91 Å². The summed E-state index contributed by atoms with van der Waals surface area (Å²) in [5, 5.41) is 8.93. The average Bonchev–Trinajstić information content (AvgIpc) is 3.11. The monoisotopic (exact) mass is 277 g/mol. The van der Waals surface area contributed by atoms with E-state index in [1.54, 1.807) is 18.2 Å². The molecule has 3 rings (SSSR count). The second kappa shape index (κ2) is 5.03. The first-order chi connectivity index (χ1) is 9.63. The Kier molecular flexibility index (Phi) is 3.22. The molecule has 20 heavy (non-hydrogen) atoms. The number of fused-ring (bicyclic) bond motifs is 1. The van der Waals surface area contributed by atoms with Crippen molar-refractivity contribution in [3.05, 3.63) is 23.8 Å². The first-order valence-corrected chi connectivity index (χ1v) is 6.54. The molecule has 1 aliphatic carbocycles. The molecule has 0 radical (unpaired) electrons. The van der Waals surface area contributed by atoms with Gasteiger partial charge >= 0.3 is 5.97 Å². The Balaban J connectivity index is 1.78. The molecule has 0 bridgehead atoms. The van der Waals surface area contributed by atoms with Gasteiger partial charge < -0.3 is 19.5 Å². The van der Waals surface area contributed by atoms with Crippen LogP contribution in [0.3, 0.4) is 0 Å².